The van der Waals surface area contributed by atoms with Crippen molar-refractivity contribution in [2.45, 2.75) is 89.9 Å². The van der Waals surface area contributed by atoms with Gasteiger partial charge in [0.25, 0.3) is 0 Å². The maximum Gasteiger partial charge on any atom is 0.158 e. The van der Waals surface area contributed by atoms with Crippen LogP contribution in [0.4, 0.5) is 0 Å². The van der Waals surface area contributed by atoms with Crippen molar-refractivity contribution < 1.29 is 15.3 Å². The molecule has 0 radical (unpaired) electrons. The molecule has 1 aliphatic rings. The van der Waals surface area contributed by atoms with E-state index in [0.717, 1.165) is 32.1 Å². The summed E-state index contributed by atoms with van der Waals surface area (Å²) in [5.41, 5.74) is -3.18. The first kappa shape index (κ1) is 17.5. The van der Waals surface area contributed by atoms with E-state index in [1.165, 1.54) is 0 Å². The van der Waals surface area contributed by atoms with Crippen LogP contribution in [0.5, 0.6) is 0 Å². The SMILES string of the molecule is CCCCCC(O)C#CC1(O)C(C)(C)CCCC1(C)O. The van der Waals surface area contributed by atoms with Gasteiger partial charge in [0.1, 0.15) is 11.7 Å². The number of aliphatic hydroxyl groups is 3. The minimum Gasteiger partial charge on any atom is -0.386 e. The van der Waals surface area contributed by atoms with Gasteiger partial charge >= 0.3 is 0 Å². The Morgan fingerprint density at radius 2 is 1.75 bits per heavy atom. The first-order valence-electron chi connectivity index (χ1n) is 7.82. The molecule has 0 aromatic carbocycles. The van der Waals surface area contributed by atoms with Crippen LogP contribution in [0, 0.1) is 17.3 Å². The molecule has 3 heteroatoms. The zero-order valence-electron chi connectivity index (χ0n) is 13.4. The maximum atomic E-state index is 10.9. The average molecular weight is 282 g/mol. The first-order chi connectivity index (χ1) is 9.16. The van der Waals surface area contributed by atoms with Gasteiger partial charge in [-0.15, -0.1) is 0 Å². The van der Waals surface area contributed by atoms with Crippen molar-refractivity contribution in [2.75, 3.05) is 0 Å². The van der Waals surface area contributed by atoms with Crippen molar-refractivity contribution in [1.29, 1.82) is 0 Å². The Labute approximate surface area is 123 Å². The van der Waals surface area contributed by atoms with E-state index < -0.39 is 22.7 Å². The van der Waals surface area contributed by atoms with E-state index in [-0.39, 0.29) is 0 Å². The molecule has 0 amide bonds. The third-order valence-electron chi connectivity index (χ3n) is 4.73. The van der Waals surface area contributed by atoms with Crippen LogP contribution < -0.4 is 0 Å². The maximum absolute atomic E-state index is 10.9. The summed E-state index contributed by atoms with van der Waals surface area (Å²) in [6.45, 7) is 7.62. The zero-order valence-corrected chi connectivity index (χ0v) is 13.4. The average Bonchev–Trinajstić information content (AvgIpc) is 2.34. The van der Waals surface area contributed by atoms with Crippen molar-refractivity contribution in [3.8, 4) is 11.8 Å². The Hall–Kier alpha value is -0.560. The fourth-order valence-corrected chi connectivity index (χ4v) is 3.12. The normalized spacial score (nSPS) is 34.1. The lowest BCUT2D eigenvalue weighted by Crippen LogP contribution is -2.62. The Bertz CT molecular complexity index is 357. The molecule has 0 saturated heterocycles. The van der Waals surface area contributed by atoms with Crippen molar-refractivity contribution in [3.05, 3.63) is 0 Å². The number of unbranched alkanes of at least 4 members (excludes halogenated alkanes) is 2. The van der Waals surface area contributed by atoms with Gasteiger partial charge in [0.15, 0.2) is 5.60 Å². The van der Waals surface area contributed by atoms with Crippen LogP contribution in [0.3, 0.4) is 0 Å². The number of rotatable bonds is 4. The Kier molecular flexibility index (Phi) is 5.66. The summed E-state index contributed by atoms with van der Waals surface area (Å²) < 4.78 is 0. The summed E-state index contributed by atoms with van der Waals surface area (Å²) in [6.07, 6.45) is 5.25. The minimum absolute atomic E-state index is 0.481. The molecule has 0 aliphatic heterocycles. The van der Waals surface area contributed by atoms with Gasteiger partial charge in [-0.1, -0.05) is 45.5 Å². The molecule has 1 aliphatic carbocycles. The van der Waals surface area contributed by atoms with Crippen LogP contribution in [0.1, 0.15) is 72.6 Å². The second-order valence-electron chi connectivity index (χ2n) is 7.00. The first-order valence-corrected chi connectivity index (χ1v) is 7.82. The van der Waals surface area contributed by atoms with Crippen molar-refractivity contribution in [1.82, 2.24) is 0 Å². The van der Waals surface area contributed by atoms with Crippen molar-refractivity contribution in [3.63, 3.8) is 0 Å². The van der Waals surface area contributed by atoms with Crippen LogP contribution in [0.2, 0.25) is 0 Å². The van der Waals surface area contributed by atoms with E-state index in [0.29, 0.717) is 12.8 Å². The molecule has 1 rings (SSSR count). The highest BCUT2D eigenvalue weighted by Crippen LogP contribution is 2.48. The summed E-state index contributed by atoms with van der Waals surface area (Å²) >= 11 is 0. The van der Waals surface area contributed by atoms with Crippen LogP contribution in [0.25, 0.3) is 0 Å². The molecule has 0 aromatic heterocycles. The van der Waals surface area contributed by atoms with Gasteiger partial charge < -0.3 is 15.3 Å². The van der Waals surface area contributed by atoms with Crippen LogP contribution in [0.15, 0.2) is 0 Å². The molecule has 0 spiro atoms. The predicted octanol–water partition coefficient (Wildman–Crippen LogP) is 2.62. The van der Waals surface area contributed by atoms with E-state index in [2.05, 4.69) is 18.8 Å². The Morgan fingerprint density at radius 1 is 1.10 bits per heavy atom. The number of hydrogen-bond donors (Lipinski definition) is 3. The van der Waals surface area contributed by atoms with Gasteiger partial charge in [0.05, 0.1) is 0 Å². The third-order valence-corrected chi connectivity index (χ3v) is 4.73. The van der Waals surface area contributed by atoms with Gasteiger partial charge in [-0.3, -0.25) is 0 Å². The lowest BCUT2D eigenvalue weighted by molar-refractivity contribution is -0.188. The Morgan fingerprint density at radius 3 is 2.30 bits per heavy atom. The van der Waals surface area contributed by atoms with Crippen molar-refractivity contribution >= 4 is 0 Å². The summed E-state index contributed by atoms with van der Waals surface area (Å²) in [7, 11) is 0. The third kappa shape index (κ3) is 3.55. The fourth-order valence-electron chi connectivity index (χ4n) is 3.12. The molecule has 116 valence electrons. The van der Waals surface area contributed by atoms with E-state index >= 15 is 0 Å². The minimum atomic E-state index is -1.47. The topological polar surface area (TPSA) is 60.7 Å². The van der Waals surface area contributed by atoms with Gasteiger partial charge in [0, 0.05) is 5.41 Å². The largest absolute Gasteiger partial charge is 0.386 e. The quantitative estimate of drug-likeness (QED) is 0.549. The zero-order chi connectivity index (χ0) is 15.4. The molecule has 0 aromatic rings. The van der Waals surface area contributed by atoms with Gasteiger partial charge in [-0.05, 0) is 39.0 Å². The highest BCUT2D eigenvalue weighted by molar-refractivity contribution is 5.28. The highest BCUT2D eigenvalue weighted by atomic mass is 16.4. The fraction of sp³-hybridized carbons (Fsp3) is 0.882. The van der Waals surface area contributed by atoms with Gasteiger partial charge in [-0.2, -0.15) is 0 Å². The summed E-state index contributed by atoms with van der Waals surface area (Å²) in [5, 5.41) is 31.3. The van der Waals surface area contributed by atoms with Crippen molar-refractivity contribution in [2.24, 2.45) is 5.41 Å². The summed E-state index contributed by atoms with van der Waals surface area (Å²) in [5.74, 6) is 5.57. The van der Waals surface area contributed by atoms with Crippen LogP contribution in [-0.2, 0) is 0 Å². The molecule has 3 N–H and O–H groups in total. The van der Waals surface area contributed by atoms with Crippen LogP contribution in [-0.4, -0.2) is 32.6 Å². The molecule has 1 saturated carbocycles. The van der Waals surface area contributed by atoms with E-state index in [1.807, 2.05) is 13.8 Å². The lowest BCUT2D eigenvalue weighted by Gasteiger charge is -2.51. The molecule has 3 nitrogen and oxygen atoms in total. The molecule has 0 bridgehead atoms. The smallest absolute Gasteiger partial charge is 0.158 e. The summed E-state index contributed by atoms with van der Waals surface area (Å²) in [6, 6.07) is 0. The Balaban J connectivity index is 2.85. The molecular formula is C17H30O3. The van der Waals surface area contributed by atoms with Gasteiger partial charge in [0.2, 0.25) is 0 Å². The van der Waals surface area contributed by atoms with Gasteiger partial charge in [-0.25, -0.2) is 0 Å². The monoisotopic (exact) mass is 282 g/mol. The molecule has 0 heterocycles. The molecule has 3 unspecified atom stereocenters. The highest BCUT2D eigenvalue weighted by Gasteiger charge is 2.57. The van der Waals surface area contributed by atoms with E-state index in [1.54, 1.807) is 6.92 Å². The number of hydrogen-bond acceptors (Lipinski definition) is 3. The van der Waals surface area contributed by atoms with Crippen LogP contribution >= 0.6 is 0 Å². The van der Waals surface area contributed by atoms with E-state index in [4.69, 9.17) is 0 Å². The molecule has 3 atom stereocenters. The standard InChI is InChI=1S/C17H30O3/c1-5-6-7-9-14(18)10-13-17(20)15(2,3)11-8-12-16(17,4)19/h14,18-20H,5-9,11-12H2,1-4H3. The molecule has 1 fully saturated rings. The second-order valence-corrected chi connectivity index (χ2v) is 7.00. The molecular weight excluding hydrogens is 252 g/mol. The lowest BCUT2D eigenvalue weighted by atomic mass is 9.59. The van der Waals surface area contributed by atoms with E-state index in [9.17, 15) is 15.3 Å². The predicted molar refractivity (Wildman–Crippen MR) is 81.1 cm³/mol. The second kappa shape index (κ2) is 6.47. The number of aliphatic hydroxyl groups excluding tert-OH is 1. The molecule has 20 heavy (non-hydrogen) atoms. The summed E-state index contributed by atoms with van der Waals surface area (Å²) in [4.78, 5) is 0.